The van der Waals surface area contributed by atoms with E-state index >= 15 is 0 Å². The van der Waals surface area contributed by atoms with Crippen molar-refractivity contribution >= 4 is 35.8 Å². The summed E-state index contributed by atoms with van der Waals surface area (Å²) in [4.78, 5) is 21.7. The molecule has 0 aromatic heterocycles. The largest absolute Gasteiger partial charge is 0.372 e. The second-order valence-electron chi connectivity index (χ2n) is 9.44. The molecule has 172 valence electrons. The highest BCUT2D eigenvalue weighted by molar-refractivity contribution is 14.0. The number of ether oxygens (including phenoxy) is 1. The van der Waals surface area contributed by atoms with Gasteiger partial charge in [-0.3, -0.25) is 9.79 Å². The molecule has 0 bridgehead atoms. The van der Waals surface area contributed by atoms with E-state index in [4.69, 9.17) is 4.74 Å². The van der Waals surface area contributed by atoms with Gasteiger partial charge in [-0.2, -0.15) is 0 Å². The number of rotatable bonds is 3. The number of hydrogen-bond donors (Lipinski definition) is 1. The van der Waals surface area contributed by atoms with Gasteiger partial charge in [0.25, 0.3) is 5.91 Å². The summed E-state index contributed by atoms with van der Waals surface area (Å²) >= 11 is 0. The first-order chi connectivity index (χ1) is 14.5. The molecule has 31 heavy (non-hydrogen) atoms. The van der Waals surface area contributed by atoms with E-state index in [1.807, 2.05) is 50.1 Å². The van der Waals surface area contributed by atoms with Gasteiger partial charge in [0.15, 0.2) is 5.96 Å². The predicted molar refractivity (Wildman–Crippen MR) is 135 cm³/mol. The summed E-state index contributed by atoms with van der Waals surface area (Å²) < 4.78 is 5.74. The zero-order chi connectivity index (χ0) is 21.1. The Labute approximate surface area is 203 Å². The third-order valence-corrected chi connectivity index (χ3v) is 6.97. The van der Waals surface area contributed by atoms with E-state index in [9.17, 15) is 4.79 Å². The van der Waals surface area contributed by atoms with Crippen LogP contribution in [0.2, 0.25) is 0 Å². The summed E-state index contributed by atoms with van der Waals surface area (Å²) in [5.74, 6) is 1.08. The Kier molecular flexibility index (Phi) is 8.24. The number of benzene rings is 1. The Morgan fingerprint density at radius 3 is 2.35 bits per heavy atom. The van der Waals surface area contributed by atoms with Gasteiger partial charge in [0.2, 0.25) is 0 Å². The minimum atomic E-state index is 0. The number of aliphatic imine (C=N–C) groups is 1. The molecule has 3 aliphatic rings. The Morgan fingerprint density at radius 2 is 1.74 bits per heavy atom. The normalized spacial score (nSPS) is 25.6. The molecule has 1 saturated carbocycles. The fourth-order valence-corrected chi connectivity index (χ4v) is 5.45. The van der Waals surface area contributed by atoms with Crippen molar-refractivity contribution in [2.24, 2.45) is 10.4 Å². The summed E-state index contributed by atoms with van der Waals surface area (Å²) in [6.07, 6.45) is 6.97. The molecule has 1 aliphatic carbocycles. The van der Waals surface area contributed by atoms with Crippen LogP contribution >= 0.6 is 24.0 Å². The Balaban J connectivity index is 0.00000272. The molecular formula is C24H37IN4O2. The van der Waals surface area contributed by atoms with Gasteiger partial charge in [-0.25, -0.2) is 0 Å². The van der Waals surface area contributed by atoms with E-state index < -0.39 is 0 Å². The zero-order valence-corrected chi connectivity index (χ0v) is 21.4. The number of carbonyl (C=O) groups is 1. The van der Waals surface area contributed by atoms with Crippen LogP contribution in [0.3, 0.4) is 0 Å². The van der Waals surface area contributed by atoms with Crippen LogP contribution in [0.15, 0.2) is 29.3 Å². The van der Waals surface area contributed by atoms with Crippen molar-refractivity contribution in [1.29, 1.82) is 0 Å². The van der Waals surface area contributed by atoms with Gasteiger partial charge < -0.3 is 19.9 Å². The van der Waals surface area contributed by atoms with Crippen LogP contribution in [0.1, 0.15) is 61.9 Å². The van der Waals surface area contributed by atoms with Crippen molar-refractivity contribution in [2.45, 2.75) is 64.7 Å². The summed E-state index contributed by atoms with van der Waals surface area (Å²) in [5, 5.41) is 3.52. The Morgan fingerprint density at radius 1 is 1.10 bits per heavy atom. The van der Waals surface area contributed by atoms with E-state index in [0.717, 1.165) is 36.7 Å². The van der Waals surface area contributed by atoms with E-state index in [1.54, 1.807) is 0 Å². The average Bonchev–Trinajstić information content (AvgIpc) is 3.37. The fraction of sp³-hybridized carbons (Fsp3) is 0.667. The van der Waals surface area contributed by atoms with E-state index in [-0.39, 0.29) is 42.1 Å². The summed E-state index contributed by atoms with van der Waals surface area (Å²) in [5.41, 5.74) is 2.44. The highest BCUT2D eigenvalue weighted by Crippen LogP contribution is 2.45. The number of halogens is 1. The molecule has 2 unspecified atom stereocenters. The van der Waals surface area contributed by atoms with Crippen molar-refractivity contribution in [2.75, 3.05) is 33.2 Å². The van der Waals surface area contributed by atoms with E-state index in [2.05, 4.69) is 15.2 Å². The van der Waals surface area contributed by atoms with Gasteiger partial charge in [-0.15, -0.1) is 24.0 Å². The molecule has 2 saturated heterocycles. The molecule has 2 atom stereocenters. The molecule has 7 heteroatoms. The number of amides is 1. The van der Waals surface area contributed by atoms with Crippen LogP contribution in [0.4, 0.5) is 0 Å². The van der Waals surface area contributed by atoms with Crippen LogP contribution < -0.4 is 5.32 Å². The van der Waals surface area contributed by atoms with Gasteiger partial charge in [0.05, 0.1) is 12.2 Å². The lowest BCUT2D eigenvalue weighted by molar-refractivity contribution is -0.0586. The maximum absolute atomic E-state index is 12.8. The van der Waals surface area contributed by atoms with Gasteiger partial charge in [0.1, 0.15) is 0 Å². The van der Waals surface area contributed by atoms with Crippen molar-refractivity contribution in [3.8, 4) is 0 Å². The molecular weight excluding hydrogens is 503 g/mol. The number of likely N-dealkylation sites (tertiary alicyclic amines) is 1. The number of carbonyl (C=O) groups excluding carboxylic acids is 1. The predicted octanol–water partition coefficient (Wildman–Crippen LogP) is 3.90. The van der Waals surface area contributed by atoms with Crippen LogP contribution in [-0.4, -0.2) is 67.1 Å². The van der Waals surface area contributed by atoms with Crippen LogP contribution in [0, 0.1) is 5.41 Å². The monoisotopic (exact) mass is 540 g/mol. The van der Waals surface area contributed by atoms with Gasteiger partial charge >= 0.3 is 0 Å². The highest BCUT2D eigenvalue weighted by atomic mass is 127. The quantitative estimate of drug-likeness (QED) is 0.359. The maximum Gasteiger partial charge on any atom is 0.254 e. The first kappa shape index (κ1) is 24.3. The highest BCUT2D eigenvalue weighted by Gasteiger charge is 2.41. The number of hydrogen-bond acceptors (Lipinski definition) is 3. The fourth-order valence-electron chi connectivity index (χ4n) is 5.45. The smallest absolute Gasteiger partial charge is 0.254 e. The van der Waals surface area contributed by atoms with Gasteiger partial charge in [-0.1, -0.05) is 25.0 Å². The molecule has 1 spiro atoms. The zero-order valence-electron chi connectivity index (χ0n) is 19.1. The average molecular weight is 540 g/mol. The van der Waals surface area contributed by atoms with Crippen molar-refractivity contribution in [3.05, 3.63) is 35.4 Å². The van der Waals surface area contributed by atoms with Crippen molar-refractivity contribution < 1.29 is 9.53 Å². The third-order valence-electron chi connectivity index (χ3n) is 6.97. The number of guanidine groups is 1. The van der Waals surface area contributed by atoms with Gasteiger partial charge in [0, 0.05) is 45.3 Å². The number of nitrogens with zero attached hydrogens (tertiary/aromatic N) is 3. The van der Waals surface area contributed by atoms with Gasteiger partial charge in [-0.05, 0) is 56.2 Å². The van der Waals surface area contributed by atoms with Crippen LogP contribution in [0.5, 0.6) is 0 Å². The molecule has 1 amide bonds. The molecule has 1 N–H and O–H groups in total. The Hall–Kier alpha value is -1.35. The van der Waals surface area contributed by atoms with Crippen LogP contribution in [-0.2, 0) is 11.3 Å². The molecule has 1 aromatic rings. The number of morpholine rings is 1. The minimum absolute atomic E-state index is 0. The Bertz CT molecular complexity index is 766. The lowest BCUT2D eigenvalue weighted by Crippen LogP contribution is -2.48. The summed E-state index contributed by atoms with van der Waals surface area (Å²) in [6.45, 7) is 8.30. The van der Waals surface area contributed by atoms with E-state index in [0.29, 0.717) is 18.5 Å². The first-order valence-corrected chi connectivity index (χ1v) is 11.5. The summed E-state index contributed by atoms with van der Waals surface area (Å²) in [7, 11) is 1.87. The number of nitrogens with one attached hydrogen (secondary N) is 1. The molecule has 3 fully saturated rings. The molecule has 4 rings (SSSR count). The lowest BCUT2D eigenvalue weighted by atomic mass is 9.86. The van der Waals surface area contributed by atoms with Crippen LogP contribution in [0.25, 0.3) is 0 Å². The molecule has 6 nitrogen and oxygen atoms in total. The second-order valence-corrected chi connectivity index (χ2v) is 9.44. The molecule has 1 aromatic carbocycles. The standard InChI is InChI=1S/C24H36N4O2.HI/c1-18-15-28(16-19(2)30-18)22(29)21-8-6-20(7-9-21)14-26-23(25-3)27-13-12-24(17-27)10-4-5-11-24;/h6-9,18-19H,4-5,10-17H2,1-3H3,(H,25,26);1H. The maximum atomic E-state index is 12.8. The van der Waals surface area contributed by atoms with E-state index in [1.165, 1.54) is 32.1 Å². The third kappa shape index (κ3) is 5.72. The molecule has 2 aliphatic heterocycles. The van der Waals surface area contributed by atoms with Crippen molar-refractivity contribution in [1.82, 2.24) is 15.1 Å². The molecule has 2 heterocycles. The SMILES string of the molecule is CN=C(NCc1ccc(C(=O)N2CC(C)OC(C)C2)cc1)N1CCC2(CCCC2)C1.I. The topological polar surface area (TPSA) is 57.2 Å². The second kappa shape index (κ2) is 10.5. The summed E-state index contributed by atoms with van der Waals surface area (Å²) in [6, 6.07) is 7.97. The first-order valence-electron chi connectivity index (χ1n) is 11.5. The molecule has 0 radical (unpaired) electrons. The minimum Gasteiger partial charge on any atom is -0.372 e. The lowest BCUT2D eigenvalue weighted by Gasteiger charge is -2.35. The van der Waals surface area contributed by atoms with Crippen molar-refractivity contribution in [3.63, 3.8) is 0 Å².